The Labute approximate surface area is 208 Å². The van der Waals surface area contributed by atoms with Crippen LogP contribution in [0.2, 0.25) is 0 Å². The molecular formula is C30H36N2O3. The molecule has 0 saturated carbocycles. The normalized spacial score (nSPS) is 10.8. The molecule has 5 heteroatoms. The van der Waals surface area contributed by atoms with Gasteiger partial charge in [0.25, 0.3) is 5.91 Å². The first-order valence-corrected chi connectivity index (χ1v) is 12.2. The maximum absolute atomic E-state index is 13.1. The lowest BCUT2D eigenvalue weighted by molar-refractivity contribution is -0.120. The largest absolute Gasteiger partial charge is 0.497 e. The first-order chi connectivity index (χ1) is 16.8. The molecule has 0 atom stereocenters. The SMILES string of the molecule is COc1ccc(CC(=O)NCc2cccc(C)c2-c2c(C)cccc2C(=O)NCCC(C)C)cc1. The Morgan fingerprint density at radius 3 is 2.17 bits per heavy atom. The zero-order valence-electron chi connectivity index (χ0n) is 21.4. The van der Waals surface area contributed by atoms with Crippen LogP contribution in [0.3, 0.4) is 0 Å². The molecule has 0 bridgehead atoms. The monoisotopic (exact) mass is 472 g/mol. The number of nitrogens with one attached hydrogen (secondary N) is 2. The number of ether oxygens (including phenoxy) is 1. The average molecular weight is 473 g/mol. The van der Waals surface area contributed by atoms with Gasteiger partial charge in [-0.25, -0.2) is 0 Å². The molecule has 2 amide bonds. The summed E-state index contributed by atoms with van der Waals surface area (Å²) >= 11 is 0. The summed E-state index contributed by atoms with van der Waals surface area (Å²) in [6.45, 7) is 9.39. The van der Waals surface area contributed by atoms with Crippen molar-refractivity contribution in [1.29, 1.82) is 0 Å². The van der Waals surface area contributed by atoms with Crippen molar-refractivity contribution in [2.45, 2.75) is 47.1 Å². The summed E-state index contributed by atoms with van der Waals surface area (Å²) in [5.41, 5.74) is 6.59. The van der Waals surface area contributed by atoms with Gasteiger partial charge in [-0.05, 0) is 77.8 Å². The Kier molecular flexibility index (Phi) is 9.07. The van der Waals surface area contributed by atoms with Crippen LogP contribution in [0.1, 0.15) is 52.9 Å². The van der Waals surface area contributed by atoms with Gasteiger partial charge in [-0.1, -0.05) is 56.3 Å². The quantitative estimate of drug-likeness (QED) is 0.403. The Morgan fingerprint density at radius 2 is 1.51 bits per heavy atom. The molecule has 0 aromatic heterocycles. The smallest absolute Gasteiger partial charge is 0.251 e. The van der Waals surface area contributed by atoms with Crippen LogP contribution in [-0.2, 0) is 17.8 Å². The maximum atomic E-state index is 13.1. The highest BCUT2D eigenvalue weighted by molar-refractivity contribution is 6.02. The zero-order valence-corrected chi connectivity index (χ0v) is 21.4. The molecule has 0 fully saturated rings. The van der Waals surface area contributed by atoms with E-state index in [4.69, 9.17) is 4.74 Å². The van der Waals surface area contributed by atoms with Crippen molar-refractivity contribution in [3.8, 4) is 16.9 Å². The summed E-state index contributed by atoms with van der Waals surface area (Å²) in [5, 5.41) is 6.13. The van der Waals surface area contributed by atoms with Gasteiger partial charge in [0.1, 0.15) is 5.75 Å². The van der Waals surface area contributed by atoms with Gasteiger partial charge in [0.15, 0.2) is 0 Å². The molecule has 3 aromatic rings. The molecule has 0 heterocycles. The number of methoxy groups -OCH3 is 1. The molecule has 35 heavy (non-hydrogen) atoms. The van der Waals surface area contributed by atoms with Crippen molar-refractivity contribution in [2.75, 3.05) is 13.7 Å². The number of benzene rings is 3. The highest BCUT2D eigenvalue weighted by Gasteiger charge is 2.19. The van der Waals surface area contributed by atoms with Crippen molar-refractivity contribution >= 4 is 11.8 Å². The van der Waals surface area contributed by atoms with E-state index in [1.807, 2.05) is 74.5 Å². The van der Waals surface area contributed by atoms with E-state index in [1.165, 1.54) is 0 Å². The van der Waals surface area contributed by atoms with Crippen molar-refractivity contribution in [3.05, 3.63) is 88.5 Å². The predicted molar refractivity (Wildman–Crippen MR) is 142 cm³/mol. The van der Waals surface area contributed by atoms with Gasteiger partial charge in [-0.15, -0.1) is 0 Å². The van der Waals surface area contributed by atoms with Gasteiger partial charge >= 0.3 is 0 Å². The highest BCUT2D eigenvalue weighted by Crippen LogP contribution is 2.33. The third-order valence-corrected chi connectivity index (χ3v) is 6.13. The summed E-state index contributed by atoms with van der Waals surface area (Å²) in [6, 6.07) is 19.4. The molecule has 0 unspecified atom stereocenters. The van der Waals surface area contributed by atoms with Crippen molar-refractivity contribution in [2.24, 2.45) is 5.92 Å². The number of carbonyl (C=O) groups is 2. The molecule has 0 aliphatic carbocycles. The predicted octanol–water partition coefficient (Wildman–Crippen LogP) is 5.61. The minimum absolute atomic E-state index is 0.0564. The molecule has 0 saturated heterocycles. The van der Waals surface area contributed by atoms with Crippen LogP contribution in [-0.4, -0.2) is 25.5 Å². The summed E-state index contributed by atoms with van der Waals surface area (Å²) in [5.74, 6) is 1.17. The molecule has 0 aliphatic heterocycles. The molecule has 0 spiro atoms. The number of carbonyl (C=O) groups excluding carboxylic acids is 2. The summed E-state index contributed by atoms with van der Waals surface area (Å²) < 4.78 is 5.18. The van der Waals surface area contributed by atoms with Gasteiger partial charge in [0.2, 0.25) is 5.91 Å². The third kappa shape index (κ3) is 6.95. The second kappa shape index (κ2) is 12.2. The van der Waals surface area contributed by atoms with E-state index < -0.39 is 0 Å². The second-order valence-electron chi connectivity index (χ2n) is 9.35. The molecule has 3 rings (SSSR count). The van der Waals surface area contributed by atoms with Gasteiger partial charge in [0.05, 0.1) is 13.5 Å². The van der Waals surface area contributed by atoms with E-state index in [0.717, 1.165) is 45.6 Å². The lowest BCUT2D eigenvalue weighted by atomic mass is 9.88. The van der Waals surface area contributed by atoms with Crippen molar-refractivity contribution in [3.63, 3.8) is 0 Å². The lowest BCUT2D eigenvalue weighted by Crippen LogP contribution is -2.27. The fourth-order valence-corrected chi connectivity index (χ4v) is 4.18. The first kappa shape index (κ1) is 26.0. The van der Waals surface area contributed by atoms with Crippen LogP contribution in [0.15, 0.2) is 60.7 Å². The third-order valence-electron chi connectivity index (χ3n) is 6.13. The lowest BCUT2D eigenvalue weighted by Gasteiger charge is -2.19. The average Bonchev–Trinajstić information content (AvgIpc) is 2.83. The Balaban J connectivity index is 1.82. The van der Waals surface area contributed by atoms with Crippen LogP contribution in [0.4, 0.5) is 0 Å². The molecule has 0 radical (unpaired) electrons. The van der Waals surface area contributed by atoms with E-state index in [9.17, 15) is 9.59 Å². The second-order valence-corrected chi connectivity index (χ2v) is 9.35. The van der Waals surface area contributed by atoms with Crippen LogP contribution in [0.25, 0.3) is 11.1 Å². The van der Waals surface area contributed by atoms with E-state index in [-0.39, 0.29) is 11.8 Å². The van der Waals surface area contributed by atoms with Crippen molar-refractivity contribution < 1.29 is 14.3 Å². The van der Waals surface area contributed by atoms with E-state index in [2.05, 4.69) is 24.5 Å². The van der Waals surface area contributed by atoms with Crippen LogP contribution in [0.5, 0.6) is 5.75 Å². The zero-order chi connectivity index (χ0) is 25.4. The van der Waals surface area contributed by atoms with Gasteiger partial charge in [-0.2, -0.15) is 0 Å². The number of hydrogen-bond donors (Lipinski definition) is 2. The van der Waals surface area contributed by atoms with E-state index in [1.54, 1.807) is 7.11 Å². The van der Waals surface area contributed by atoms with Crippen molar-refractivity contribution in [1.82, 2.24) is 10.6 Å². The molecular weight excluding hydrogens is 436 g/mol. The Hall–Kier alpha value is -3.60. The minimum atomic E-state index is -0.0675. The van der Waals surface area contributed by atoms with Crippen LogP contribution >= 0.6 is 0 Å². The molecule has 0 aliphatic rings. The Morgan fingerprint density at radius 1 is 0.857 bits per heavy atom. The first-order valence-electron chi connectivity index (χ1n) is 12.2. The summed E-state index contributed by atoms with van der Waals surface area (Å²) in [7, 11) is 1.62. The van der Waals surface area contributed by atoms with Gasteiger partial charge in [0, 0.05) is 18.7 Å². The number of rotatable bonds is 10. The molecule has 3 aromatic carbocycles. The number of aryl methyl sites for hydroxylation is 2. The molecule has 5 nitrogen and oxygen atoms in total. The van der Waals surface area contributed by atoms with Crippen LogP contribution < -0.4 is 15.4 Å². The summed E-state index contributed by atoms with van der Waals surface area (Å²) in [6.07, 6.45) is 1.22. The fourth-order valence-electron chi connectivity index (χ4n) is 4.18. The number of hydrogen-bond acceptors (Lipinski definition) is 3. The maximum Gasteiger partial charge on any atom is 0.251 e. The summed E-state index contributed by atoms with van der Waals surface area (Å²) in [4.78, 5) is 25.8. The van der Waals surface area contributed by atoms with E-state index in [0.29, 0.717) is 31.0 Å². The minimum Gasteiger partial charge on any atom is -0.497 e. The van der Waals surface area contributed by atoms with Crippen LogP contribution in [0, 0.1) is 19.8 Å². The van der Waals surface area contributed by atoms with Gasteiger partial charge < -0.3 is 15.4 Å². The molecule has 2 N–H and O–H groups in total. The topological polar surface area (TPSA) is 67.4 Å². The number of amides is 2. The van der Waals surface area contributed by atoms with Gasteiger partial charge in [-0.3, -0.25) is 9.59 Å². The Bertz CT molecular complexity index is 1170. The fraction of sp³-hybridized carbons (Fsp3) is 0.333. The molecule has 184 valence electrons. The van der Waals surface area contributed by atoms with E-state index >= 15 is 0 Å². The standard InChI is InChI=1S/C30H36N2O3/c1-20(2)16-17-31-30(34)26-11-7-9-22(4)29(26)28-21(3)8-6-10-24(28)19-32-27(33)18-23-12-14-25(35-5)15-13-23/h6-15,20H,16-19H2,1-5H3,(H,31,34)(H,32,33). The highest BCUT2D eigenvalue weighted by atomic mass is 16.5.